The molecule has 9 heteroatoms. The van der Waals surface area contributed by atoms with Crippen LogP contribution in [0.1, 0.15) is 11.1 Å². The van der Waals surface area contributed by atoms with Crippen molar-refractivity contribution in [1.82, 2.24) is 29.2 Å². The van der Waals surface area contributed by atoms with Gasteiger partial charge in [0.25, 0.3) is 5.56 Å². The Kier molecular flexibility index (Phi) is 5.42. The van der Waals surface area contributed by atoms with Crippen LogP contribution in [0.4, 0.5) is 0 Å². The minimum absolute atomic E-state index is 0.180. The maximum Gasteiger partial charge on any atom is 0.265 e. The molecule has 0 saturated heterocycles. The molecule has 4 heterocycles. The number of hydrogen-bond donors (Lipinski definition) is 0. The largest absolute Gasteiger partial charge is 0.497 e. The first-order valence-electron chi connectivity index (χ1n) is 11.4. The van der Waals surface area contributed by atoms with Gasteiger partial charge in [-0.1, -0.05) is 24.3 Å². The lowest BCUT2D eigenvalue weighted by molar-refractivity contribution is 0.414. The van der Waals surface area contributed by atoms with Gasteiger partial charge in [-0.05, 0) is 53.9 Å². The van der Waals surface area contributed by atoms with Crippen LogP contribution in [0.5, 0.6) is 5.75 Å². The quantitative estimate of drug-likeness (QED) is 0.340. The van der Waals surface area contributed by atoms with Crippen molar-refractivity contribution in [3.05, 3.63) is 101 Å². The third kappa shape index (κ3) is 3.86. The maximum atomic E-state index is 13.6. The number of ether oxygens (including phenoxy) is 1. The van der Waals surface area contributed by atoms with E-state index in [1.807, 2.05) is 60.7 Å². The first kappa shape index (κ1) is 21.6. The Morgan fingerprint density at radius 3 is 2.44 bits per heavy atom. The first-order chi connectivity index (χ1) is 17.7. The van der Waals surface area contributed by atoms with Crippen LogP contribution in [0.25, 0.3) is 33.2 Å². The van der Waals surface area contributed by atoms with Gasteiger partial charge in [0, 0.05) is 18.9 Å². The minimum Gasteiger partial charge on any atom is -0.497 e. The van der Waals surface area contributed by atoms with Crippen LogP contribution >= 0.6 is 0 Å². The van der Waals surface area contributed by atoms with Gasteiger partial charge in [0.2, 0.25) is 0 Å². The van der Waals surface area contributed by atoms with Crippen molar-refractivity contribution in [3.63, 3.8) is 0 Å². The average molecular weight is 476 g/mol. The van der Waals surface area contributed by atoms with E-state index >= 15 is 0 Å². The van der Waals surface area contributed by atoms with E-state index in [2.05, 4.69) is 15.1 Å². The molecule has 4 aromatic heterocycles. The molecule has 0 spiro atoms. The normalized spacial score (nSPS) is 11.7. The lowest BCUT2D eigenvalue weighted by Crippen LogP contribution is -2.21. The van der Waals surface area contributed by atoms with Crippen molar-refractivity contribution >= 4 is 39.4 Å². The molecule has 36 heavy (non-hydrogen) atoms. The average Bonchev–Trinajstić information content (AvgIpc) is 3.24. The smallest absolute Gasteiger partial charge is 0.265 e. The number of fused-ring (bicyclic) bond motifs is 4. The second-order valence-corrected chi connectivity index (χ2v) is 8.26. The summed E-state index contributed by atoms with van der Waals surface area (Å²) in [5.74, 6) is 0.796. The second-order valence-electron chi connectivity index (χ2n) is 8.26. The van der Waals surface area contributed by atoms with Gasteiger partial charge in [-0.3, -0.25) is 14.3 Å². The molecule has 0 aliphatic carbocycles. The molecule has 176 valence electrons. The van der Waals surface area contributed by atoms with Crippen molar-refractivity contribution in [2.45, 2.75) is 13.0 Å². The number of methoxy groups -OCH3 is 1. The topological polar surface area (TPSA) is 100 Å². The monoisotopic (exact) mass is 475 g/mol. The molecular formula is C27H21N7O2. The van der Waals surface area contributed by atoms with E-state index in [-0.39, 0.29) is 5.56 Å². The molecule has 0 atom stereocenters. The van der Waals surface area contributed by atoms with E-state index in [1.54, 1.807) is 41.3 Å². The Bertz CT molecular complexity index is 1790. The lowest BCUT2D eigenvalue weighted by Gasteiger charge is -2.07. The summed E-state index contributed by atoms with van der Waals surface area (Å²) in [7, 11) is 1.64. The van der Waals surface area contributed by atoms with E-state index in [9.17, 15) is 4.79 Å². The Morgan fingerprint density at radius 1 is 0.944 bits per heavy atom. The summed E-state index contributed by atoms with van der Waals surface area (Å²) in [6.07, 6.45) is 7.31. The Morgan fingerprint density at radius 2 is 1.69 bits per heavy atom. The molecule has 0 amide bonds. The van der Waals surface area contributed by atoms with Gasteiger partial charge >= 0.3 is 0 Å². The molecule has 0 unspecified atom stereocenters. The van der Waals surface area contributed by atoms with Crippen LogP contribution in [0.15, 0.2) is 89.3 Å². The number of aromatic nitrogens is 6. The van der Waals surface area contributed by atoms with Gasteiger partial charge in [-0.25, -0.2) is 15.0 Å². The van der Waals surface area contributed by atoms with E-state index in [1.165, 1.54) is 0 Å². The van der Waals surface area contributed by atoms with Crippen molar-refractivity contribution < 1.29 is 4.74 Å². The molecule has 6 aromatic rings. The van der Waals surface area contributed by atoms with Gasteiger partial charge in [0.1, 0.15) is 16.7 Å². The number of pyridine rings is 1. The molecule has 6 rings (SSSR count). The summed E-state index contributed by atoms with van der Waals surface area (Å²) in [4.78, 5) is 31.9. The van der Waals surface area contributed by atoms with Crippen molar-refractivity contribution in [1.29, 1.82) is 0 Å². The molecule has 9 nitrogen and oxygen atoms in total. The Labute approximate surface area is 205 Å². The fourth-order valence-electron chi connectivity index (χ4n) is 4.14. The van der Waals surface area contributed by atoms with Crippen molar-refractivity contribution in [2.24, 2.45) is 5.10 Å². The zero-order valence-electron chi connectivity index (χ0n) is 19.4. The summed E-state index contributed by atoms with van der Waals surface area (Å²) in [6, 6.07) is 19.1. The zero-order valence-corrected chi connectivity index (χ0v) is 19.4. The highest BCUT2D eigenvalue weighted by atomic mass is 16.5. The van der Waals surface area contributed by atoms with E-state index < -0.39 is 0 Å². The van der Waals surface area contributed by atoms with Gasteiger partial charge in [0.05, 0.1) is 30.7 Å². The minimum atomic E-state index is -0.180. The van der Waals surface area contributed by atoms with Crippen LogP contribution in [-0.4, -0.2) is 42.5 Å². The number of benzene rings is 2. The summed E-state index contributed by atoms with van der Waals surface area (Å²) >= 11 is 0. The fourth-order valence-corrected chi connectivity index (χ4v) is 4.14. The molecule has 2 aromatic carbocycles. The van der Waals surface area contributed by atoms with Crippen molar-refractivity contribution in [3.8, 4) is 5.75 Å². The molecular weight excluding hydrogens is 454 g/mol. The SMILES string of the molecule is COc1ccc(CCn2cnc3c(c2=O)c2nc4ccccc4nc2n3/N=C\c2ccncc2)cc1. The highest BCUT2D eigenvalue weighted by Crippen LogP contribution is 2.25. The number of aryl methyl sites for hydroxylation is 2. The van der Waals surface area contributed by atoms with Gasteiger partial charge in [-0.15, -0.1) is 0 Å². The van der Waals surface area contributed by atoms with Crippen LogP contribution in [-0.2, 0) is 13.0 Å². The second kappa shape index (κ2) is 9.03. The molecule has 0 aliphatic rings. The summed E-state index contributed by atoms with van der Waals surface area (Å²) in [6.45, 7) is 0.474. The van der Waals surface area contributed by atoms with Gasteiger partial charge in [0.15, 0.2) is 11.3 Å². The lowest BCUT2D eigenvalue weighted by atomic mass is 10.1. The summed E-state index contributed by atoms with van der Waals surface area (Å²) in [5, 5.41) is 5.01. The molecule has 0 bridgehead atoms. The summed E-state index contributed by atoms with van der Waals surface area (Å²) < 4.78 is 8.42. The van der Waals surface area contributed by atoms with Crippen LogP contribution in [0.2, 0.25) is 0 Å². The highest BCUT2D eigenvalue weighted by Gasteiger charge is 2.19. The van der Waals surface area contributed by atoms with E-state index in [4.69, 9.17) is 14.7 Å². The van der Waals surface area contributed by atoms with Crippen LogP contribution in [0, 0.1) is 0 Å². The molecule has 0 fully saturated rings. The Hall–Kier alpha value is -4.92. The summed E-state index contributed by atoms with van der Waals surface area (Å²) in [5.41, 5.74) is 4.57. The zero-order chi connectivity index (χ0) is 24.5. The third-order valence-electron chi connectivity index (χ3n) is 6.04. The van der Waals surface area contributed by atoms with E-state index in [0.717, 1.165) is 16.9 Å². The fraction of sp³-hybridized carbons (Fsp3) is 0.111. The van der Waals surface area contributed by atoms with Crippen molar-refractivity contribution in [2.75, 3.05) is 7.11 Å². The highest BCUT2D eigenvalue weighted by molar-refractivity contribution is 6.04. The number of hydrogen-bond acceptors (Lipinski definition) is 7. The van der Waals surface area contributed by atoms with Gasteiger partial charge < -0.3 is 4.74 Å². The van der Waals surface area contributed by atoms with E-state index in [0.29, 0.717) is 46.2 Å². The number of rotatable bonds is 6. The molecule has 0 aliphatic heterocycles. The Balaban J connectivity index is 1.49. The van der Waals surface area contributed by atoms with Crippen LogP contribution in [0.3, 0.4) is 0 Å². The maximum absolute atomic E-state index is 13.6. The predicted octanol–water partition coefficient (Wildman–Crippen LogP) is 3.82. The van der Waals surface area contributed by atoms with Gasteiger partial charge in [-0.2, -0.15) is 9.78 Å². The molecule has 0 N–H and O–H groups in total. The number of nitrogens with zero attached hydrogens (tertiary/aromatic N) is 7. The third-order valence-corrected chi connectivity index (χ3v) is 6.04. The molecule has 0 radical (unpaired) electrons. The standard InChI is InChI=1S/C27H21N7O2/c1-36-20-8-6-18(7-9-20)12-15-33-17-29-25-23(27(33)35)24-26(32-22-5-3-2-4-21(22)31-24)34(25)30-16-19-10-13-28-14-11-19/h2-11,13-14,16-17H,12,15H2,1H3/b30-16-. The van der Waals surface area contributed by atoms with Crippen LogP contribution < -0.4 is 10.3 Å². The first-order valence-corrected chi connectivity index (χ1v) is 11.4. The number of para-hydroxylation sites is 2. The predicted molar refractivity (Wildman–Crippen MR) is 139 cm³/mol. The molecule has 0 saturated carbocycles.